The van der Waals surface area contributed by atoms with Gasteiger partial charge in [-0.05, 0) is 30.2 Å². The third-order valence-corrected chi connectivity index (χ3v) is 3.69. The van der Waals surface area contributed by atoms with E-state index in [1.165, 1.54) is 22.4 Å². The maximum atomic E-state index is 4.28. The van der Waals surface area contributed by atoms with Gasteiger partial charge < -0.3 is 15.5 Å². The Morgan fingerprint density at radius 1 is 0.957 bits per heavy atom. The molecule has 23 heavy (non-hydrogen) atoms. The molecule has 0 saturated heterocycles. The van der Waals surface area contributed by atoms with E-state index in [-0.39, 0.29) is 0 Å². The second kappa shape index (κ2) is 8.22. The van der Waals surface area contributed by atoms with Crippen LogP contribution in [0.2, 0.25) is 0 Å². The van der Waals surface area contributed by atoms with Crippen LogP contribution in [0.5, 0.6) is 0 Å². The molecule has 0 aliphatic carbocycles. The summed E-state index contributed by atoms with van der Waals surface area (Å²) in [5, 5.41) is 6.70. The van der Waals surface area contributed by atoms with Crippen molar-refractivity contribution in [3.63, 3.8) is 0 Å². The van der Waals surface area contributed by atoms with E-state index in [1.54, 1.807) is 7.05 Å². The first-order valence-corrected chi connectivity index (χ1v) is 7.85. The summed E-state index contributed by atoms with van der Waals surface area (Å²) in [7, 11) is 5.89. The van der Waals surface area contributed by atoms with Crippen LogP contribution in [0.3, 0.4) is 0 Å². The molecule has 2 aromatic carbocycles. The Balaban J connectivity index is 1.87. The van der Waals surface area contributed by atoms with Crippen molar-refractivity contribution in [2.75, 3.05) is 26.0 Å². The van der Waals surface area contributed by atoms with Gasteiger partial charge in [0, 0.05) is 39.9 Å². The summed E-state index contributed by atoms with van der Waals surface area (Å²) in [5.74, 6) is 0.806. The highest BCUT2D eigenvalue weighted by molar-refractivity contribution is 5.79. The maximum absolute atomic E-state index is 4.28. The standard InChI is InChI=1S/C19H26N4/c1-15-8-10-16(11-9-15)13-21-19(20-2)22-14-17-6-5-7-18(12-17)23(3)4/h5-12H,13-14H2,1-4H3,(H2,20,21,22). The van der Waals surface area contributed by atoms with E-state index in [9.17, 15) is 0 Å². The largest absolute Gasteiger partial charge is 0.378 e. The maximum Gasteiger partial charge on any atom is 0.191 e. The molecule has 0 fully saturated rings. The molecule has 122 valence electrons. The summed E-state index contributed by atoms with van der Waals surface area (Å²) in [6, 6.07) is 17.0. The Labute approximate surface area is 139 Å². The van der Waals surface area contributed by atoms with Gasteiger partial charge in [0.2, 0.25) is 0 Å². The minimum Gasteiger partial charge on any atom is -0.378 e. The zero-order valence-corrected chi connectivity index (χ0v) is 14.4. The van der Waals surface area contributed by atoms with E-state index in [0.717, 1.165) is 19.0 Å². The minimum atomic E-state index is 0.745. The molecule has 2 aromatic rings. The molecule has 0 aromatic heterocycles. The van der Waals surface area contributed by atoms with Crippen molar-refractivity contribution in [1.82, 2.24) is 10.6 Å². The first kappa shape index (κ1) is 16.9. The number of nitrogens with zero attached hydrogens (tertiary/aromatic N) is 2. The lowest BCUT2D eigenvalue weighted by Crippen LogP contribution is -2.36. The predicted molar refractivity (Wildman–Crippen MR) is 99.0 cm³/mol. The highest BCUT2D eigenvalue weighted by Crippen LogP contribution is 2.13. The SMILES string of the molecule is CN=C(NCc1ccc(C)cc1)NCc1cccc(N(C)C)c1. The number of guanidine groups is 1. The Bertz CT molecular complexity index is 645. The van der Waals surface area contributed by atoms with Gasteiger partial charge >= 0.3 is 0 Å². The van der Waals surface area contributed by atoms with Crippen LogP contribution < -0.4 is 15.5 Å². The number of aryl methyl sites for hydroxylation is 1. The number of nitrogens with one attached hydrogen (secondary N) is 2. The lowest BCUT2D eigenvalue weighted by atomic mass is 10.1. The van der Waals surface area contributed by atoms with Gasteiger partial charge in [0.1, 0.15) is 0 Å². The predicted octanol–water partition coefficient (Wildman–Crippen LogP) is 2.93. The van der Waals surface area contributed by atoms with Crippen LogP contribution in [0, 0.1) is 6.92 Å². The number of anilines is 1. The summed E-state index contributed by atoms with van der Waals surface area (Å²) < 4.78 is 0. The monoisotopic (exact) mass is 310 g/mol. The van der Waals surface area contributed by atoms with Gasteiger partial charge in [0.25, 0.3) is 0 Å². The Kier molecular flexibility index (Phi) is 6.03. The minimum absolute atomic E-state index is 0.745. The highest BCUT2D eigenvalue weighted by atomic mass is 15.2. The number of benzene rings is 2. The van der Waals surface area contributed by atoms with Crippen LogP contribution >= 0.6 is 0 Å². The van der Waals surface area contributed by atoms with Crippen LogP contribution in [0.25, 0.3) is 0 Å². The summed E-state index contributed by atoms with van der Waals surface area (Å²) in [5.41, 5.74) is 4.95. The third kappa shape index (κ3) is 5.33. The lowest BCUT2D eigenvalue weighted by molar-refractivity contribution is 0.808. The summed E-state index contributed by atoms with van der Waals surface area (Å²) in [4.78, 5) is 6.38. The number of hydrogen-bond donors (Lipinski definition) is 2. The molecule has 4 nitrogen and oxygen atoms in total. The molecule has 0 spiro atoms. The summed E-state index contributed by atoms with van der Waals surface area (Å²) in [6.45, 7) is 3.60. The molecule has 0 saturated carbocycles. The molecule has 0 amide bonds. The van der Waals surface area contributed by atoms with Crippen LogP contribution in [-0.4, -0.2) is 27.1 Å². The van der Waals surface area contributed by atoms with Crippen LogP contribution in [-0.2, 0) is 13.1 Å². The van der Waals surface area contributed by atoms with Crippen molar-refractivity contribution < 1.29 is 0 Å². The Morgan fingerprint density at radius 2 is 1.61 bits per heavy atom. The van der Waals surface area contributed by atoms with Gasteiger partial charge in [-0.15, -0.1) is 0 Å². The quantitative estimate of drug-likeness (QED) is 0.659. The van der Waals surface area contributed by atoms with Gasteiger partial charge in [0.05, 0.1) is 0 Å². The zero-order chi connectivity index (χ0) is 16.7. The second-order valence-corrected chi connectivity index (χ2v) is 5.83. The average Bonchev–Trinajstić information content (AvgIpc) is 2.57. The van der Waals surface area contributed by atoms with Crippen molar-refractivity contribution in [1.29, 1.82) is 0 Å². The van der Waals surface area contributed by atoms with Crippen LogP contribution in [0.4, 0.5) is 5.69 Å². The van der Waals surface area contributed by atoms with E-state index in [0.29, 0.717) is 0 Å². The molecule has 4 heteroatoms. The van der Waals surface area contributed by atoms with E-state index in [1.807, 2.05) is 0 Å². The number of hydrogen-bond acceptors (Lipinski definition) is 2. The molecule has 0 heterocycles. The Hall–Kier alpha value is -2.49. The van der Waals surface area contributed by atoms with Crippen molar-refractivity contribution in [3.05, 3.63) is 65.2 Å². The van der Waals surface area contributed by atoms with E-state index in [4.69, 9.17) is 0 Å². The molecule has 0 atom stereocenters. The van der Waals surface area contributed by atoms with Gasteiger partial charge in [-0.1, -0.05) is 42.0 Å². The summed E-state index contributed by atoms with van der Waals surface area (Å²) in [6.07, 6.45) is 0. The van der Waals surface area contributed by atoms with Gasteiger partial charge in [-0.3, -0.25) is 4.99 Å². The fourth-order valence-corrected chi connectivity index (χ4v) is 2.24. The first-order valence-electron chi connectivity index (χ1n) is 7.85. The lowest BCUT2D eigenvalue weighted by Gasteiger charge is -2.15. The van der Waals surface area contributed by atoms with E-state index < -0.39 is 0 Å². The molecule has 2 rings (SSSR count). The number of rotatable bonds is 5. The second-order valence-electron chi connectivity index (χ2n) is 5.83. The van der Waals surface area contributed by atoms with Crippen molar-refractivity contribution in [2.45, 2.75) is 20.0 Å². The summed E-state index contributed by atoms with van der Waals surface area (Å²) >= 11 is 0. The zero-order valence-electron chi connectivity index (χ0n) is 14.4. The molecular weight excluding hydrogens is 284 g/mol. The molecular formula is C19H26N4. The smallest absolute Gasteiger partial charge is 0.191 e. The topological polar surface area (TPSA) is 39.7 Å². The fraction of sp³-hybridized carbons (Fsp3) is 0.316. The molecule has 0 radical (unpaired) electrons. The van der Waals surface area contributed by atoms with Crippen LogP contribution in [0.15, 0.2) is 53.5 Å². The molecule has 0 unspecified atom stereocenters. The van der Waals surface area contributed by atoms with E-state index in [2.05, 4.69) is 90.1 Å². The molecule has 0 bridgehead atoms. The molecule has 0 aliphatic heterocycles. The fourth-order valence-electron chi connectivity index (χ4n) is 2.24. The normalized spacial score (nSPS) is 11.2. The first-order chi connectivity index (χ1) is 11.1. The van der Waals surface area contributed by atoms with Gasteiger partial charge in [-0.2, -0.15) is 0 Å². The Morgan fingerprint density at radius 3 is 2.22 bits per heavy atom. The molecule has 2 N–H and O–H groups in total. The van der Waals surface area contributed by atoms with Crippen molar-refractivity contribution in [2.24, 2.45) is 4.99 Å². The van der Waals surface area contributed by atoms with Crippen LogP contribution in [0.1, 0.15) is 16.7 Å². The highest BCUT2D eigenvalue weighted by Gasteiger charge is 2.01. The molecule has 0 aliphatic rings. The van der Waals surface area contributed by atoms with Gasteiger partial charge in [0.15, 0.2) is 5.96 Å². The van der Waals surface area contributed by atoms with E-state index >= 15 is 0 Å². The van der Waals surface area contributed by atoms with Gasteiger partial charge in [-0.25, -0.2) is 0 Å². The van der Waals surface area contributed by atoms with Crippen molar-refractivity contribution >= 4 is 11.6 Å². The van der Waals surface area contributed by atoms with Crippen molar-refractivity contribution in [3.8, 4) is 0 Å². The number of aliphatic imine (C=N–C) groups is 1. The average molecular weight is 310 g/mol. The third-order valence-electron chi connectivity index (χ3n) is 3.69.